The fraction of sp³-hybridized carbons (Fsp3) is 0.154. The molecule has 1 aromatic carbocycles. The molecule has 1 aliphatic heterocycles. The van der Waals surface area contributed by atoms with E-state index in [4.69, 9.17) is 23.1 Å². The Kier molecular flexibility index (Phi) is 4.40. The number of fused-ring (bicyclic) bond motifs is 1. The van der Waals surface area contributed by atoms with E-state index in [0.29, 0.717) is 17.0 Å². The van der Waals surface area contributed by atoms with Gasteiger partial charge in [-0.3, -0.25) is 10.1 Å². The third-order valence-electron chi connectivity index (χ3n) is 3.29. The second-order valence-corrected chi connectivity index (χ2v) is 6.29. The second kappa shape index (κ2) is 6.49. The van der Waals surface area contributed by atoms with Crippen molar-refractivity contribution in [3.63, 3.8) is 0 Å². The van der Waals surface area contributed by atoms with E-state index in [0.717, 1.165) is 17.5 Å². The fourth-order valence-corrected chi connectivity index (χ4v) is 3.44. The molecule has 2 heterocycles. The van der Waals surface area contributed by atoms with Crippen molar-refractivity contribution in [1.29, 1.82) is 0 Å². The smallest absolute Gasteiger partial charge is 0.288 e. The van der Waals surface area contributed by atoms with Crippen molar-refractivity contribution in [2.75, 3.05) is 5.75 Å². The first-order valence-electron chi connectivity index (χ1n) is 6.77. The van der Waals surface area contributed by atoms with Gasteiger partial charge in [0.1, 0.15) is 5.02 Å². The van der Waals surface area contributed by atoms with Gasteiger partial charge in [-0.2, -0.15) is 5.10 Å². The number of thioether (sulfide) groups is 1. The highest BCUT2D eigenvalue weighted by molar-refractivity contribution is 7.99. The quantitative estimate of drug-likeness (QED) is 0.367. The molecule has 0 unspecified atom stereocenters. The molecule has 0 radical (unpaired) electrons. The van der Waals surface area contributed by atoms with Crippen LogP contribution in [0.3, 0.4) is 0 Å². The lowest BCUT2D eigenvalue weighted by atomic mass is 10.1. The Morgan fingerprint density at radius 2 is 2.29 bits per heavy atom. The number of nitro benzene ring substituents is 1. The van der Waals surface area contributed by atoms with Crippen molar-refractivity contribution in [1.82, 2.24) is 9.55 Å². The van der Waals surface area contributed by atoms with Crippen LogP contribution in [-0.4, -0.2) is 32.4 Å². The number of hydrogen-bond acceptors (Lipinski definition) is 6. The normalized spacial score (nSPS) is 13.2. The molecule has 0 saturated carbocycles. The summed E-state index contributed by atoms with van der Waals surface area (Å²) in [5.41, 5.74) is 12.2. The molecule has 0 bridgehead atoms. The maximum atomic E-state index is 11.1. The zero-order chi connectivity index (χ0) is 17.3. The third-order valence-corrected chi connectivity index (χ3v) is 4.56. The van der Waals surface area contributed by atoms with Gasteiger partial charge in [0.15, 0.2) is 5.16 Å². The van der Waals surface area contributed by atoms with Crippen molar-refractivity contribution >= 4 is 41.2 Å². The molecule has 9 nitrogen and oxygen atoms in total. The minimum atomic E-state index is -0.530. The lowest BCUT2D eigenvalue weighted by molar-refractivity contribution is -0.384. The topological polar surface area (TPSA) is 138 Å². The van der Waals surface area contributed by atoms with Crippen molar-refractivity contribution in [2.24, 2.45) is 21.7 Å². The molecule has 24 heavy (non-hydrogen) atoms. The van der Waals surface area contributed by atoms with Crippen LogP contribution in [0.15, 0.2) is 33.6 Å². The molecule has 3 rings (SSSR count). The fourth-order valence-electron chi connectivity index (χ4n) is 2.29. The van der Waals surface area contributed by atoms with Crippen LogP contribution in [0.2, 0.25) is 5.02 Å². The highest BCUT2D eigenvalue weighted by Gasteiger charge is 2.23. The summed E-state index contributed by atoms with van der Waals surface area (Å²) in [6.45, 7) is 0.756. The van der Waals surface area contributed by atoms with Gasteiger partial charge in [-0.05, 0) is 6.07 Å². The zero-order valence-electron chi connectivity index (χ0n) is 12.2. The Morgan fingerprint density at radius 1 is 1.50 bits per heavy atom. The number of nitrogens with two attached hydrogens (primary N) is 2. The molecule has 0 aliphatic carbocycles. The number of aromatic nitrogens is 2. The summed E-state index contributed by atoms with van der Waals surface area (Å²) in [6.07, 6.45) is 1.48. The van der Waals surface area contributed by atoms with Crippen LogP contribution in [0.25, 0.3) is 11.3 Å². The lowest BCUT2D eigenvalue weighted by Crippen LogP contribution is -2.21. The third kappa shape index (κ3) is 3.05. The van der Waals surface area contributed by atoms with E-state index in [9.17, 15) is 10.1 Å². The summed E-state index contributed by atoms with van der Waals surface area (Å²) in [6, 6.07) is 4.54. The molecule has 0 spiro atoms. The van der Waals surface area contributed by atoms with Crippen molar-refractivity contribution in [2.45, 2.75) is 11.7 Å². The van der Waals surface area contributed by atoms with Gasteiger partial charge < -0.3 is 16.0 Å². The summed E-state index contributed by atoms with van der Waals surface area (Å²) in [5, 5.41) is 19.4. The highest BCUT2D eigenvalue weighted by atomic mass is 35.5. The molecular formula is C13H12ClN7O2S. The number of hydrogen-bond donors (Lipinski definition) is 2. The molecule has 4 N–H and O–H groups in total. The Hall–Kier alpha value is -2.59. The van der Waals surface area contributed by atoms with Gasteiger partial charge in [-0.25, -0.2) is 4.98 Å². The van der Waals surface area contributed by atoms with Crippen LogP contribution in [0, 0.1) is 10.1 Å². The van der Waals surface area contributed by atoms with E-state index in [1.807, 2.05) is 4.57 Å². The maximum absolute atomic E-state index is 11.1. The molecule has 11 heteroatoms. The van der Waals surface area contributed by atoms with Crippen LogP contribution in [0.5, 0.6) is 0 Å². The van der Waals surface area contributed by atoms with E-state index < -0.39 is 4.92 Å². The minimum Gasteiger partial charge on any atom is -0.369 e. The Bertz CT molecular complexity index is 873. The monoisotopic (exact) mass is 365 g/mol. The summed E-state index contributed by atoms with van der Waals surface area (Å²) in [4.78, 5) is 15.1. The van der Waals surface area contributed by atoms with Crippen molar-refractivity contribution in [3.8, 4) is 11.3 Å². The predicted octanol–water partition coefficient (Wildman–Crippen LogP) is 1.82. The molecule has 1 aromatic heterocycles. The SMILES string of the molecule is NC(N)=N/N=C/c1c(-c2ccc(Cl)c([N+](=O)[O-])c2)nc2n1CCS2. The van der Waals surface area contributed by atoms with Crippen LogP contribution in [0.4, 0.5) is 5.69 Å². The Labute approximate surface area is 145 Å². The number of guanidine groups is 1. The van der Waals surface area contributed by atoms with Gasteiger partial charge in [-0.15, -0.1) is 5.10 Å². The van der Waals surface area contributed by atoms with Gasteiger partial charge in [0, 0.05) is 23.9 Å². The minimum absolute atomic E-state index is 0.0700. The van der Waals surface area contributed by atoms with Gasteiger partial charge >= 0.3 is 0 Å². The van der Waals surface area contributed by atoms with Gasteiger partial charge in [-0.1, -0.05) is 29.4 Å². The highest BCUT2D eigenvalue weighted by Crippen LogP contribution is 2.35. The maximum Gasteiger partial charge on any atom is 0.288 e. The number of nitrogens with zero attached hydrogens (tertiary/aromatic N) is 5. The number of imidazole rings is 1. The lowest BCUT2D eigenvalue weighted by Gasteiger charge is -2.03. The van der Waals surface area contributed by atoms with E-state index in [-0.39, 0.29) is 16.7 Å². The molecule has 124 valence electrons. The zero-order valence-corrected chi connectivity index (χ0v) is 13.8. The van der Waals surface area contributed by atoms with E-state index in [1.165, 1.54) is 18.3 Å². The van der Waals surface area contributed by atoms with Crippen LogP contribution in [-0.2, 0) is 6.54 Å². The number of rotatable bonds is 4. The summed E-state index contributed by atoms with van der Waals surface area (Å²) in [7, 11) is 0. The molecule has 2 aromatic rings. The van der Waals surface area contributed by atoms with E-state index in [1.54, 1.807) is 17.8 Å². The number of nitro groups is 1. The summed E-state index contributed by atoms with van der Waals surface area (Å²) >= 11 is 7.46. The molecule has 0 saturated heterocycles. The first-order chi connectivity index (χ1) is 11.5. The molecular weight excluding hydrogens is 354 g/mol. The Balaban J connectivity index is 2.12. The van der Waals surface area contributed by atoms with Crippen molar-refractivity contribution in [3.05, 3.63) is 39.0 Å². The average Bonchev–Trinajstić information content (AvgIpc) is 3.09. The van der Waals surface area contributed by atoms with E-state index in [2.05, 4.69) is 15.2 Å². The van der Waals surface area contributed by atoms with Crippen LogP contribution >= 0.6 is 23.4 Å². The first-order valence-corrected chi connectivity index (χ1v) is 8.13. The van der Waals surface area contributed by atoms with Gasteiger partial charge in [0.25, 0.3) is 5.69 Å². The summed E-state index contributed by atoms with van der Waals surface area (Å²) < 4.78 is 1.96. The molecule has 0 atom stereocenters. The molecule has 0 fully saturated rings. The van der Waals surface area contributed by atoms with E-state index >= 15 is 0 Å². The number of benzene rings is 1. The van der Waals surface area contributed by atoms with Crippen LogP contribution in [0.1, 0.15) is 5.69 Å². The van der Waals surface area contributed by atoms with Gasteiger partial charge in [0.2, 0.25) is 5.96 Å². The first kappa shape index (κ1) is 16.3. The van der Waals surface area contributed by atoms with Gasteiger partial charge in [0.05, 0.1) is 22.5 Å². The summed E-state index contributed by atoms with van der Waals surface area (Å²) in [5.74, 6) is 0.734. The van der Waals surface area contributed by atoms with Crippen molar-refractivity contribution < 1.29 is 4.92 Å². The standard InChI is InChI=1S/C13H12ClN7O2S/c14-8-2-1-7(5-9(8)21(22)23)11-10(6-17-19-12(15)16)20-3-4-24-13(20)18-11/h1-2,5-6H,3-4H2,(H4,15,16,19)/b17-6+. The largest absolute Gasteiger partial charge is 0.369 e. The average molecular weight is 366 g/mol. The molecule has 1 aliphatic rings. The second-order valence-electron chi connectivity index (χ2n) is 4.82. The molecule has 0 amide bonds. The predicted molar refractivity (Wildman–Crippen MR) is 93.5 cm³/mol. The van der Waals surface area contributed by atoms with Crippen LogP contribution < -0.4 is 11.5 Å². The Morgan fingerprint density at radius 3 is 3.00 bits per heavy atom. The number of halogens is 1.